The molecule has 3 aromatic carbocycles. The fourth-order valence-electron chi connectivity index (χ4n) is 2.40. The Morgan fingerprint density at radius 3 is 1.85 bits per heavy atom. The Hall–Kier alpha value is -2.47. The average molecular weight is 369 g/mol. The molecule has 4 nitrogen and oxygen atoms in total. The maximum atomic E-state index is 12.9. The van der Waals surface area contributed by atoms with Crippen molar-refractivity contribution in [2.45, 2.75) is 16.7 Å². The van der Waals surface area contributed by atoms with Crippen LogP contribution in [0.25, 0.3) is 11.1 Å². The van der Waals surface area contributed by atoms with E-state index in [0.717, 1.165) is 16.7 Å². The van der Waals surface area contributed by atoms with Crippen molar-refractivity contribution in [2.24, 2.45) is 11.5 Å². The van der Waals surface area contributed by atoms with E-state index in [1.54, 1.807) is 24.3 Å². The molecule has 4 N–H and O–H groups in total. The second-order valence-corrected chi connectivity index (χ2v) is 7.67. The van der Waals surface area contributed by atoms with Crippen molar-refractivity contribution in [3.63, 3.8) is 0 Å². The number of hydrogen-bond donors (Lipinski definition) is 2. The van der Waals surface area contributed by atoms with Gasteiger partial charge in [0.2, 0.25) is 9.84 Å². The first-order valence-electron chi connectivity index (χ1n) is 8.37. The van der Waals surface area contributed by atoms with E-state index in [4.69, 9.17) is 11.5 Å². The molecule has 0 aliphatic heterocycles. The summed E-state index contributed by atoms with van der Waals surface area (Å²) < 4.78 is 25.9. The third-order valence-corrected chi connectivity index (χ3v) is 5.59. The molecule has 0 heterocycles. The highest BCUT2D eigenvalue weighted by Crippen LogP contribution is 2.31. The Labute approximate surface area is 155 Å². The maximum Gasteiger partial charge on any atom is 0.207 e. The second-order valence-electron chi connectivity index (χ2n) is 5.76. The molecule has 0 saturated carbocycles. The molecular formula is C21H24N2O2S. The van der Waals surface area contributed by atoms with E-state index in [9.17, 15) is 8.42 Å². The highest BCUT2D eigenvalue weighted by Gasteiger charge is 2.21. The molecule has 0 aliphatic carbocycles. The Morgan fingerprint density at radius 2 is 1.27 bits per heavy atom. The third kappa shape index (κ3) is 4.79. The number of rotatable bonds is 4. The monoisotopic (exact) mass is 368 g/mol. The van der Waals surface area contributed by atoms with Crippen molar-refractivity contribution in [3.8, 4) is 11.1 Å². The second kappa shape index (κ2) is 9.29. The van der Waals surface area contributed by atoms with E-state index >= 15 is 0 Å². The zero-order valence-corrected chi connectivity index (χ0v) is 15.6. The van der Waals surface area contributed by atoms with Gasteiger partial charge < -0.3 is 11.5 Å². The van der Waals surface area contributed by atoms with Gasteiger partial charge in [0.25, 0.3) is 0 Å². The van der Waals surface area contributed by atoms with Crippen molar-refractivity contribution in [1.82, 2.24) is 0 Å². The number of nitrogens with two attached hydrogens (primary N) is 2. The molecular weight excluding hydrogens is 344 g/mol. The molecule has 0 spiro atoms. The summed E-state index contributed by atoms with van der Waals surface area (Å²) in [4.78, 5) is 0.659. The summed E-state index contributed by atoms with van der Waals surface area (Å²) >= 11 is 0. The standard InChI is InChI=1S/C19H16O2S.C2H8N2/c1-15-11-13-17(14-12-15)22(20,21)19-10-6-5-9-18(19)16-7-3-2-4-8-16;3-1-2-4/h2-14H,1H3;1-4H2. The van der Waals surface area contributed by atoms with Crippen LogP contribution in [0.4, 0.5) is 0 Å². The van der Waals surface area contributed by atoms with Crippen molar-refractivity contribution >= 4 is 9.84 Å². The number of aryl methyl sites for hydroxylation is 1. The fraction of sp³-hybridized carbons (Fsp3) is 0.143. The van der Waals surface area contributed by atoms with Gasteiger partial charge in [0.1, 0.15) is 0 Å². The molecule has 0 amide bonds. The molecule has 0 saturated heterocycles. The summed E-state index contributed by atoms with van der Waals surface area (Å²) in [6.07, 6.45) is 0. The number of hydrogen-bond acceptors (Lipinski definition) is 4. The van der Waals surface area contributed by atoms with Gasteiger partial charge in [0.15, 0.2) is 0 Å². The topological polar surface area (TPSA) is 86.2 Å². The Bertz CT molecular complexity index is 920. The molecule has 3 rings (SSSR count). The lowest BCUT2D eigenvalue weighted by Gasteiger charge is -2.11. The summed E-state index contributed by atoms with van der Waals surface area (Å²) in [5.41, 5.74) is 12.5. The summed E-state index contributed by atoms with van der Waals surface area (Å²) in [5, 5.41) is 0. The predicted octanol–water partition coefficient (Wildman–Crippen LogP) is 3.40. The zero-order chi connectivity index (χ0) is 19.0. The van der Waals surface area contributed by atoms with Crippen molar-refractivity contribution < 1.29 is 8.42 Å². The van der Waals surface area contributed by atoms with Crippen molar-refractivity contribution in [2.75, 3.05) is 13.1 Å². The normalized spacial score (nSPS) is 10.7. The summed E-state index contributed by atoms with van der Waals surface area (Å²) in [6, 6.07) is 23.6. The van der Waals surface area contributed by atoms with Gasteiger partial charge >= 0.3 is 0 Å². The molecule has 3 aromatic rings. The van der Waals surface area contributed by atoms with Crippen LogP contribution in [0.3, 0.4) is 0 Å². The SMILES string of the molecule is Cc1ccc(S(=O)(=O)c2ccccc2-c2ccccc2)cc1.NCCN. The Balaban J connectivity index is 0.000000552. The van der Waals surface area contributed by atoms with E-state index in [1.165, 1.54) is 0 Å². The Kier molecular flexibility index (Phi) is 7.09. The van der Waals surface area contributed by atoms with Gasteiger partial charge in [-0.3, -0.25) is 0 Å². The van der Waals surface area contributed by atoms with Gasteiger partial charge in [0, 0.05) is 18.7 Å². The number of benzene rings is 3. The van der Waals surface area contributed by atoms with Gasteiger partial charge in [-0.2, -0.15) is 0 Å². The highest BCUT2D eigenvalue weighted by atomic mass is 32.2. The molecule has 0 bridgehead atoms. The lowest BCUT2D eigenvalue weighted by atomic mass is 10.1. The fourth-order valence-corrected chi connectivity index (χ4v) is 3.88. The minimum absolute atomic E-state index is 0.321. The molecule has 0 aromatic heterocycles. The Morgan fingerprint density at radius 1 is 0.731 bits per heavy atom. The van der Waals surface area contributed by atoms with Crippen LogP contribution in [0.15, 0.2) is 88.7 Å². The van der Waals surface area contributed by atoms with Crippen molar-refractivity contribution in [3.05, 3.63) is 84.4 Å². The summed E-state index contributed by atoms with van der Waals surface area (Å²) in [6.45, 7) is 3.13. The first-order valence-corrected chi connectivity index (χ1v) is 9.85. The van der Waals surface area contributed by atoms with E-state index in [1.807, 2.05) is 61.5 Å². The molecule has 5 heteroatoms. The minimum atomic E-state index is -3.53. The molecule has 0 radical (unpaired) electrons. The first kappa shape index (κ1) is 19.8. The van der Waals surface area contributed by atoms with Gasteiger partial charge in [-0.15, -0.1) is 0 Å². The van der Waals surface area contributed by atoms with Crippen LogP contribution in [0.5, 0.6) is 0 Å². The smallest absolute Gasteiger partial charge is 0.207 e. The van der Waals surface area contributed by atoms with Crippen LogP contribution in [0.1, 0.15) is 5.56 Å². The molecule has 0 atom stereocenters. The molecule has 0 fully saturated rings. The van der Waals surface area contributed by atoms with E-state index in [2.05, 4.69) is 0 Å². The van der Waals surface area contributed by atoms with Crippen LogP contribution >= 0.6 is 0 Å². The summed E-state index contributed by atoms with van der Waals surface area (Å²) in [7, 11) is -3.53. The van der Waals surface area contributed by atoms with Gasteiger partial charge in [-0.05, 0) is 30.7 Å². The summed E-state index contributed by atoms with van der Waals surface area (Å²) in [5.74, 6) is 0. The quantitative estimate of drug-likeness (QED) is 0.739. The molecule has 26 heavy (non-hydrogen) atoms. The lowest BCUT2D eigenvalue weighted by molar-refractivity contribution is 0.596. The average Bonchev–Trinajstić information content (AvgIpc) is 2.69. The zero-order valence-electron chi connectivity index (χ0n) is 14.8. The minimum Gasteiger partial charge on any atom is -0.329 e. The molecule has 136 valence electrons. The van der Waals surface area contributed by atoms with E-state index in [0.29, 0.717) is 22.9 Å². The van der Waals surface area contributed by atoms with Gasteiger partial charge in [-0.25, -0.2) is 8.42 Å². The van der Waals surface area contributed by atoms with Crippen LogP contribution in [-0.4, -0.2) is 21.5 Å². The van der Waals surface area contributed by atoms with E-state index in [-0.39, 0.29) is 0 Å². The molecule has 0 aliphatic rings. The predicted molar refractivity (Wildman–Crippen MR) is 107 cm³/mol. The van der Waals surface area contributed by atoms with Crippen molar-refractivity contribution in [1.29, 1.82) is 0 Å². The highest BCUT2D eigenvalue weighted by molar-refractivity contribution is 7.91. The largest absolute Gasteiger partial charge is 0.329 e. The van der Waals surface area contributed by atoms with Crippen LogP contribution in [0.2, 0.25) is 0 Å². The third-order valence-electron chi connectivity index (χ3n) is 3.76. The first-order chi connectivity index (χ1) is 12.5. The van der Waals surface area contributed by atoms with E-state index < -0.39 is 9.84 Å². The van der Waals surface area contributed by atoms with Crippen LogP contribution in [-0.2, 0) is 9.84 Å². The van der Waals surface area contributed by atoms with Gasteiger partial charge in [0.05, 0.1) is 9.79 Å². The van der Waals surface area contributed by atoms with Crippen LogP contribution in [0, 0.1) is 6.92 Å². The molecule has 0 unspecified atom stereocenters. The maximum absolute atomic E-state index is 12.9. The van der Waals surface area contributed by atoms with Crippen LogP contribution < -0.4 is 11.5 Å². The number of sulfone groups is 1. The lowest BCUT2D eigenvalue weighted by Crippen LogP contribution is -2.11. The van der Waals surface area contributed by atoms with Gasteiger partial charge in [-0.1, -0.05) is 66.2 Å².